The second kappa shape index (κ2) is 14.0. The highest BCUT2D eigenvalue weighted by Gasteiger charge is 2.36. The zero-order chi connectivity index (χ0) is 31.7. The quantitative estimate of drug-likeness (QED) is 0.0593. The van der Waals surface area contributed by atoms with Crippen LogP contribution in [0.25, 0.3) is 0 Å². The predicted molar refractivity (Wildman–Crippen MR) is 152 cm³/mol. The lowest BCUT2D eigenvalue weighted by Crippen LogP contribution is -2.50. The van der Waals surface area contributed by atoms with Crippen LogP contribution in [0.3, 0.4) is 0 Å². The molecule has 0 aliphatic heterocycles. The van der Waals surface area contributed by atoms with Crippen molar-refractivity contribution in [2.45, 2.75) is 25.6 Å². The summed E-state index contributed by atoms with van der Waals surface area (Å²) in [7, 11) is -4.64. The van der Waals surface area contributed by atoms with Crippen LogP contribution in [0.4, 0.5) is 5.69 Å². The van der Waals surface area contributed by atoms with Crippen LogP contribution in [0.5, 0.6) is 5.75 Å². The summed E-state index contributed by atoms with van der Waals surface area (Å²) in [6, 6.07) is 14.9. The Morgan fingerprint density at radius 3 is 2.12 bits per heavy atom. The summed E-state index contributed by atoms with van der Waals surface area (Å²) < 4.78 is 34.5. The highest BCUT2D eigenvalue weighted by molar-refractivity contribution is 7.87. The number of hydrogen-bond donors (Lipinski definition) is 7. The van der Waals surface area contributed by atoms with Gasteiger partial charge >= 0.3 is 23.9 Å². The third-order valence-electron chi connectivity index (χ3n) is 5.81. The summed E-state index contributed by atoms with van der Waals surface area (Å²) in [6.07, 6.45) is -1.05. The number of ether oxygens (including phenoxy) is 1. The number of hydrogen-bond acceptors (Lipinski definition) is 8. The van der Waals surface area contributed by atoms with E-state index in [1.54, 1.807) is 0 Å². The van der Waals surface area contributed by atoms with Crippen LogP contribution in [0.2, 0.25) is 0 Å². The van der Waals surface area contributed by atoms with Crippen molar-refractivity contribution in [3.05, 3.63) is 95.1 Å². The first-order valence-electron chi connectivity index (χ1n) is 12.3. The molecule has 3 aromatic carbocycles. The number of benzene rings is 3. The topological polar surface area (TPSA) is 250 Å². The second-order valence-corrected chi connectivity index (χ2v) is 10.7. The van der Waals surface area contributed by atoms with Crippen molar-refractivity contribution in [2.75, 3.05) is 5.32 Å². The number of aliphatic carboxylic acids is 2. The molecule has 43 heavy (non-hydrogen) atoms. The van der Waals surface area contributed by atoms with Crippen LogP contribution in [-0.4, -0.2) is 63.9 Å². The number of carbonyl (C=O) groups is 4. The molecule has 0 spiro atoms. The first-order chi connectivity index (χ1) is 20.2. The normalized spacial score (nSPS) is 11.8. The fraction of sp³-hybridized carbons (Fsp3) is 0.148. The summed E-state index contributed by atoms with van der Waals surface area (Å²) in [5, 5.41) is 37.9. The summed E-state index contributed by atoms with van der Waals surface area (Å²) in [5.74, 6) is -5.35. The van der Waals surface area contributed by atoms with Crippen molar-refractivity contribution >= 4 is 45.7 Å². The first-order valence-corrected chi connectivity index (χ1v) is 13.7. The molecule has 15 nitrogen and oxygen atoms in total. The van der Waals surface area contributed by atoms with Crippen LogP contribution in [0, 0.1) is 5.41 Å². The van der Waals surface area contributed by atoms with Crippen molar-refractivity contribution in [1.82, 2.24) is 9.03 Å². The van der Waals surface area contributed by atoms with Crippen molar-refractivity contribution in [1.29, 1.82) is 5.41 Å². The smallest absolute Gasteiger partial charge is 0.343 e. The Labute approximate surface area is 245 Å². The minimum absolute atomic E-state index is 0.123. The van der Waals surface area contributed by atoms with Gasteiger partial charge in [-0.1, -0.05) is 24.3 Å². The molecule has 3 rings (SSSR count). The molecule has 0 amide bonds. The van der Waals surface area contributed by atoms with E-state index in [4.69, 9.17) is 15.9 Å². The molecule has 8 N–H and O–H groups in total. The Morgan fingerprint density at radius 2 is 1.56 bits per heavy atom. The molecule has 3 aromatic rings. The van der Waals surface area contributed by atoms with E-state index >= 15 is 0 Å². The minimum atomic E-state index is -4.64. The van der Waals surface area contributed by atoms with E-state index in [1.807, 2.05) is 0 Å². The molecule has 0 radical (unpaired) electrons. The van der Waals surface area contributed by atoms with Crippen molar-refractivity contribution in [2.24, 2.45) is 5.73 Å². The van der Waals surface area contributed by atoms with E-state index in [0.717, 1.165) is 6.07 Å². The molecule has 16 heteroatoms. The number of carboxylic acids is 3. The van der Waals surface area contributed by atoms with Crippen molar-refractivity contribution in [3.8, 4) is 5.75 Å². The van der Waals surface area contributed by atoms with Gasteiger partial charge < -0.3 is 31.1 Å². The average Bonchev–Trinajstić information content (AvgIpc) is 2.94. The molecule has 0 fully saturated rings. The van der Waals surface area contributed by atoms with Crippen LogP contribution >= 0.6 is 0 Å². The van der Waals surface area contributed by atoms with E-state index < -0.39 is 53.1 Å². The number of carboxylic acid groups (broad SMARTS) is 3. The number of nitrogens with zero attached hydrogens (tertiary/aromatic N) is 1. The molecular formula is C27H27N5O10S. The Hall–Kier alpha value is -5.32. The van der Waals surface area contributed by atoms with Gasteiger partial charge in [0.15, 0.2) is 5.96 Å². The standard InChI is InChI=1S/C27H27N5O10S/c28-27(29)31-20-8-6-18(7-9-20)26(39)42-21-10-4-16(5-11-21)14-30-43(40,41)32(22(25(37)38)13-23(33)34)15-17-2-1-3-19(12-17)24(35)36/h1-12,22,30H,13-15H2,(H,33,34)(H,35,36)(H,37,38)(H4,28,29,31)/t22-/m0/s1. The van der Waals surface area contributed by atoms with Gasteiger partial charge in [0.05, 0.1) is 17.5 Å². The molecule has 0 aliphatic carbocycles. The van der Waals surface area contributed by atoms with Crippen LogP contribution < -0.4 is 20.5 Å². The number of rotatable bonds is 14. The summed E-state index contributed by atoms with van der Waals surface area (Å²) in [5.41, 5.74) is 6.32. The van der Waals surface area contributed by atoms with E-state index in [1.165, 1.54) is 66.7 Å². The summed E-state index contributed by atoms with van der Waals surface area (Å²) >= 11 is 0. The number of esters is 1. The highest BCUT2D eigenvalue weighted by Crippen LogP contribution is 2.19. The van der Waals surface area contributed by atoms with Gasteiger partial charge in [0.1, 0.15) is 11.8 Å². The van der Waals surface area contributed by atoms with Gasteiger partial charge in [-0.25, -0.2) is 9.59 Å². The van der Waals surface area contributed by atoms with E-state index in [0.29, 0.717) is 15.6 Å². The molecule has 0 aliphatic rings. The van der Waals surface area contributed by atoms with Crippen LogP contribution in [0.15, 0.2) is 72.8 Å². The van der Waals surface area contributed by atoms with Gasteiger partial charge in [0.25, 0.3) is 10.2 Å². The number of anilines is 1. The van der Waals surface area contributed by atoms with Gasteiger partial charge in [0.2, 0.25) is 0 Å². The zero-order valence-corrected chi connectivity index (χ0v) is 23.1. The maximum Gasteiger partial charge on any atom is 0.343 e. The third-order valence-corrected chi connectivity index (χ3v) is 7.32. The number of carbonyl (C=O) groups excluding carboxylic acids is 1. The molecule has 0 saturated carbocycles. The lowest BCUT2D eigenvalue weighted by atomic mass is 10.1. The zero-order valence-electron chi connectivity index (χ0n) is 22.3. The maximum atomic E-state index is 13.3. The monoisotopic (exact) mass is 613 g/mol. The SMILES string of the molecule is N=C(N)Nc1ccc(C(=O)Oc2ccc(CNS(=O)(=O)N(Cc3cccc(C(=O)O)c3)[C@@H](CC(=O)O)C(=O)O)cc2)cc1. The minimum Gasteiger partial charge on any atom is -0.481 e. The number of aromatic carboxylic acids is 1. The first kappa shape index (κ1) is 32.2. The third kappa shape index (κ3) is 9.35. The van der Waals surface area contributed by atoms with Crippen LogP contribution in [0.1, 0.15) is 38.3 Å². The van der Waals surface area contributed by atoms with Gasteiger partial charge in [-0.15, -0.1) is 0 Å². The number of nitrogens with two attached hydrogens (primary N) is 1. The van der Waals surface area contributed by atoms with Crippen LogP contribution in [-0.2, 0) is 32.9 Å². The van der Waals surface area contributed by atoms with Crippen molar-refractivity contribution < 1.29 is 47.7 Å². The largest absolute Gasteiger partial charge is 0.481 e. The maximum absolute atomic E-state index is 13.3. The molecule has 0 aromatic heterocycles. The fourth-order valence-electron chi connectivity index (χ4n) is 3.77. The molecule has 0 saturated heterocycles. The highest BCUT2D eigenvalue weighted by atomic mass is 32.2. The Kier molecular flexibility index (Phi) is 10.5. The van der Waals surface area contributed by atoms with Crippen molar-refractivity contribution in [3.63, 3.8) is 0 Å². The van der Waals surface area contributed by atoms with Gasteiger partial charge in [-0.05, 0) is 59.7 Å². The Balaban J connectivity index is 1.73. The summed E-state index contributed by atoms with van der Waals surface area (Å²) in [6.45, 7) is -0.965. The molecule has 226 valence electrons. The molecular weight excluding hydrogens is 586 g/mol. The van der Waals surface area contributed by atoms with Gasteiger partial charge in [0, 0.05) is 18.8 Å². The molecule has 0 unspecified atom stereocenters. The van der Waals surface area contributed by atoms with Gasteiger partial charge in [-0.3, -0.25) is 15.0 Å². The molecule has 0 heterocycles. The second-order valence-electron chi connectivity index (χ2n) is 8.98. The van der Waals surface area contributed by atoms with E-state index in [-0.39, 0.29) is 34.9 Å². The Bertz CT molecular complexity index is 1630. The van der Waals surface area contributed by atoms with E-state index in [9.17, 15) is 42.9 Å². The predicted octanol–water partition coefficient (Wildman–Crippen LogP) is 1.67. The fourth-order valence-corrected chi connectivity index (χ4v) is 5.10. The lowest BCUT2D eigenvalue weighted by molar-refractivity contribution is -0.148. The molecule has 1 atom stereocenters. The number of guanidine groups is 1. The lowest BCUT2D eigenvalue weighted by Gasteiger charge is -2.27. The Morgan fingerprint density at radius 1 is 0.907 bits per heavy atom. The average molecular weight is 614 g/mol. The molecule has 0 bridgehead atoms. The number of nitrogens with one attached hydrogen (secondary N) is 3. The van der Waals surface area contributed by atoms with E-state index in [2.05, 4.69) is 10.0 Å². The summed E-state index contributed by atoms with van der Waals surface area (Å²) in [4.78, 5) is 47.0. The van der Waals surface area contributed by atoms with Gasteiger partial charge in [-0.2, -0.15) is 17.4 Å².